The minimum atomic E-state index is -3.96. The van der Waals surface area contributed by atoms with Gasteiger partial charge in [-0.2, -0.15) is 8.42 Å². The van der Waals surface area contributed by atoms with Crippen molar-refractivity contribution in [3.8, 4) is 0 Å². The van der Waals surface area contributed by atoms with Gasteiger partial charge in [-0.1, -0.05) is 29.8 Å². The third-order valence-electron chi connectivity index (χ3n) is 2.22. The third-order valence-corrected chi connectivity index (χ3v) is 7.85. The minimum Gasteiger partial charge on any atom is -0.244 e. The molecule has 102 valence electrons. The summed E-state index contributed by atoms with van der Waals surface area (Å²) in [5.41, 5.74) is 0. The van der Waals surface area contributed by atoms with E-state index in [9.17, 15) is 12.6 Å². The highest BCUT2D eigenvalue weighted by atomic mass is 35.5. The van der Waals surface area contributed by atoms with E-state index < -0.39 is 19.8 Å². The van der Waals surface area contributed by atoms with Gasteiger partial charge in [0.05, 0.1) is 14.1 Å². The Kier molecular flexibility index (Phi) is 4.00. The van der Waals surface area contributed by atoms with E-state index in [-0.39, 0.29) is 4.21 Å². The van der Waals surface area contributed by atoms with Crippen molar-refractivity contribution in [3.63, 3.8) is 0 Å². The Bertz CT molecular complexity index is 803. The van der Waals surface area contributed by atoms with Crippen LogP contribution >= 0.6 is 22.9 Å². The molecule has 1 aromatic carbocycles. The van der Waals surface area contributed by atoms with Crippen LogP contribution < -0.4 is 0 Å². The van der Waals surface area contributed by atoms with Crippen LogP contribution in [0.15, 0.2) is 55.3 Å². The normalized spacial score (nSPS) is 14.8. The van der Waals surface area contributed by atoms with E-state index in [2.05, 4.69) is 3.77 Å². The Hall–Kier alpha value is -0.890. The Morgan fingerprint density at radius 3 is 2.21 bits per heavy atom. The van der Waals surface area contributed by atoms with Crippen molar-refractivity contribution in [1.29, 1.82) is 0 Å². The van der Waals surface area contributed by atoms with Crippen LogP contribution in [-0.2, 0) is 19.8 Å². The fraction of sp³-hybridized carbons (Fsp3) is 0.0909. The zero-order valence-corrected chi connectivity index (χ0v) is 13.0. The SMILES string of the molecule is C[S@](=O)(=NS(=O)(=O)c1ccc(Cl)s1)c1ccccc1. The van der Waals surface area contributed by atoms with E-state index in [1.165, 1.54) is 18.4 Å². The van der Waals surface area contributed by atoms with E-state index >= 15 is 0 Å². The molecular formula is C11H10ClNO3S3. The lowest BCUT2D eigenvalue weighted by molar-refractivity contribution is 0.600. The van der Waals surface area contributed by atoms with Crippen LogP contribution in [0.4, 0.5) is 0 Å². The van der Waals surface area contributed by atoms with Crippen molar-refractivity contribution in [2.75, 3.05) is 6.26 Å². The minimum absolute atomic E-state index is 0.0111. The quantitative estimate of drug-likeness (QED) is 0.864. The van der Waals surface area contributed by atoms with Crippen LogP contribution in [-0.4, -0.2) is 18.9 Å². The number of hydrogen-bond donors (Lipinski definition) is 0. The largest absolute Gasteiger partial charge is 0.299 e. The molecule has 0 saturated heterocycles. The fourth-order valence-electron chi connectivity index (χ4n) is 1.38. The molecule has 0 aliphatic heterocycles. The van der Waals surface area contributed by atoms with Crippen molar-refractivity contribution in [1.82, 2.24) is 0 Å². The summed E-state index contributed by atoms with van der Waals surface area (Å²) in [5, 5.41) is 0. The van der Waals surface area contributed by atoms with Crippen molar-refractivity contribution < 1.29 is 12.6 Å². The van der Waals surface area contributed by atoms with Gasteiger partial charge in [0.25, 0.3) is 10.0 Å². The molecule has 0 spiro atoms. The molecule has 0 unspecified atom stereocenters. The first kappa shape index (κ1) is 14.5. The van der Waals surface area contributed by atoms with Crippen LogP contribution in [0.1, 0.15) is 0 Å². The molecule has 1 heterocycles. The maximum Gasteiger partial charge on any atom is 0.299 e. The molecule has 8 heteroatoms. The Morgan fingerprint density at radius 2 is 1.68 bits per heavy atom. The van der Waals surface area contributed by atoms with Crippen molar-refractivity contribution in [2.24, 2.45) is 3.77 Å². The van der Waals surface area contributed by atoms with Gasteiger partial charge in [0.2, 0.25) is 0 Å². The molecule has 0 N–H and O–H groups in total. The number of hydrogen-bond acceptors (Lipinski definition) is 4. The number of rotatable bonds is 3. The standard InChI is InChI=1S/C11H10ClNO3S3/c1-18(14,9-5-3-2-4-6-9)13-19(15,16)11-8-7-10(12)17-11/h2-8H,1H3/t18-/m1/s1. The molecule has 0 amide bonds. The maximum absolute atomic E-state index is 12.4. The van der Waals surface area contributed by atoms with Crippen LogP contribution in [0.5, 0.6) is 0 Å². The molecule has 0 radical (unpaired) electrons. The highest BCUT2D eigenvalue weighted by molar-refractivity contribution is 8.03. The van der Waals surface area contributed by atoms with Gasteiger partial charge in [-0.25, -0.2) is 4.21 Å². The number of sulfonamides is 1. The topological polar surface area (TPSA) is 63.6 Å². The summed E-state index contributed by atoms with van der Waals surface area (Å²) in [5.74, 6) is 0. The molecule has 4 nitrogen and oxygen atoms in total. The summed E-state index contributed by atoms with van der Waals surface area (Å²) in [7, 11) is -6.97. The number of benzene rings is 1. The van der Waals surface area contributed by atoms with Gasteiger partial charge >= 0.3 is 0 Å². The number of thiophene rings is 1. The van der Waals surface area contributed by atoms with Crippen LogP contribution in [0.2, 0.25) is 4.34 Å². The monoisotopic (exact) mass is 335 g/mol. The highest BCUT2D eigenvalue weighted by Gasteiger charge is 2.19. The highest BCUT2D eigenvalue weighted by Crippen LogP contribution is 2.28. The van der Waals surface area contributed by atoms with Gasteiger partial charge in [-0.05, 0) is 24.3 Å². The lowest BCUT2D eigenvalue weighted by Gasteiger charge is -2.03. The molecule has 0 bridgehead atoms. The second kappa shape index (κ2) is 5.24. The summed E-state index contributed by atoms with van der Waals surface area (Å²) in [6.07, 6.45) is 1.30. The second-order valence-electron chi connectivity index (χ2n) is 3.72. The molecule has 0 saturated carbocycles. The molecule has 1 atom stereocenters. The number of nitrogens with zero attached hydrogens (tertiary/aromatic N) is 1. The van der Waals surface area contributed by atoms with Gasteiger partial charge in [0, 0.05) is 11.2 Å². The van der Waals surface area contributed by atoms with Crippen molar-refractivity contribution in [2.45, 2.75) is 9.10 Å². The lowest BCUT2D eigenvalue weighted by atomic mass is 10.4. The zero-order chi connectivity index (χ0) is 14.1. The molecule has 19 heavy (non-hydrogen) atoms. The molecular weight excluding hydrogens is 326 g/mol. The molecule has 2 aromatic rings. The average Bonchev–Trinajstić information content (AvgIpc) is 2.77. The lowest BCUT2D eigenvalue weighted by Crippen LogP contribution is -2.03. The first-order chi connectivity index (χ1) is 8.81. The molecule has 0 aliphatic carbocycles. The molecule has 2 rings (SSSR count). The smallest absolute Gasteiger partial charge is 0.244 e. The van der Waals surface area contributed by atoms with Gasteiger partial charge in [-0.15, -0.1) is 15.1 Å². The summed E-state index contributed by atoms with van der Waals surface area (Å²) in [6.45, 7) is 0. The predicted octanol–water partition coefficient (Wildman–Crippen LogP) is 3.25. The van der Waals surface area contributed by atoms with E-state index in [1.807, 2.05) is 0 Å². The van der Waals surface area contributed by atoms with E-state index in [1.54, 1.807) is 30.3 Å². The first-order valence-electron chi connectivity index (χ1n) is 5.10. The third kappa shape index (κ3) is 3.36. The van der Waals surface area contributed by atoms with E-state index in [0.717, 1.165) is 11.3 Å². The van der Waals surface area contributed by atoms with Gasteiger partial charge in [0.15, 0.2) is 0 Å². The first-order valence-corrected chi connectivity index (χ1v) is 9.66. The van der Waals surface area contributed by atoms with Gasteiger partial charge in [0.1, 0.15) is 4.21 Å². The Labute approximate surface area is 121 Å². The molecule has 1 aromatic heterocycles. The summed E-state index contributed by atoms with van der Waals surface area (Å²) >= 11 is 6.58. The Balaban J connectivity index is 2.55. The van der Waals surface area contributed by atoms with E-state index in [0.29, 0.717) is 9.23 Å². The summed E-state index contributed by atoms with van der Waals surface area (Å²) in [6, 6.07) is 11.1. The van der Waals surface area contributed by atoms with Crippen molar-refractivity contribution in [3.05, 3.63) is 46.8 Å². The fourth-order valence-corrected chi connectivity index (χ4v) is 6.29. The average molecular weight is 336 g/mol. The van der Waals surface area contributed by atoms with Gasteiger partial charge in [-0.3, -0.25) is 0 Å². The van der Waals surface area contributed by atoms with Crippen LogP contribution in [0, 0.1) is 0 Å². The van der Waals surface area contributed by atoms with Crippen LogP contribution in [0.3, 0.4) is 0 Å². The zero-order valence-electron chi connectivity index (χ0n) is 9.82. The van der Waals surface area contributed by atoms with Crippen LogP contribution in [0.25, 0.3) is 0 Å². The Morgan fingerprint density at radius 1 is 1.05 bits per heavy atom. The summed E-state index contributed by atoms with van der Waals surface area (Å²) in [4.78, 5) is 0.376. The molecule has 0 fully saturated rings. The molecule has 0 aliphatic rings. The number of halogens is 1. The van der Waals surface area contributed by atoms with E-state index in [4.69, 9.17) is 11.6 Å². The maximum atomic E-state index is 12.4. The second-order valence-corrected chi connectivity index (χ2v) is 9.76. The van der Waals surface area contributed by atoms with Crippen molar-refractivity contribution >= 4 is 42.7 Å². The summed E-state index contributed by atoms with van der Waals surface area (Å²) < 4.78 is 40.4. The predicted molar refractivity (Wildman–Crippen MR) is 77.7 cm³/mol. The van der Waals surface area contributed by atoms with Gasteiger partial charge < -0.3 is 0 Å².